The Balaban J connectivity index is 1.76. The van der Waals surface area contributed by atoms with Gasteiger partial charge in [-0.1, -0.05) is 48.3 Å². The van der Waals surface area contributed by atoms with Gasteiger partial charge in [0.05, 0.1) is 33.1 Å². The number of pyridine rings is 2. The lowest BCUT2D eigenvalue weighted by atomic mass is 10.1. The number of rotatable bonds is 7. The zero-order chi connectivity index (χ0) is 27.7. The summed E-state index contributed by atoms with van der Waals surface area (Å²) in [6.45, 7) is 5.40. The second-order valence-electron chi connectivity index (χ2n) is 9.09. The largest absolute Gasteiger partial charge is 0.284 e. The third-order valence-corrected chi connectivity index (χ3v) is 8.46. The van der Waals surface area contributed by atoms with Crippen LogP contribution in [0.3, 0.4) is 0 Å². The van der Waals surface area contributed by atoms with Crippen molar-refractivity contribution >= 4 is 45.9 Å². The van der Waals surface area contributed by atoms with Gasteiger partial charge in [-0.25, -0.2) is 8.78 Å². The molecular weight excluding hydrogens is 551 g/mol. The second kappa shape index (κ2) is 11.4. The Labute approximate surface area is 232 Å². The Kier molecular flexibility index (Phi) is 8.45. The highest BCUT2D eigenvalue weighted by atomic mass is 35.5. The number of aryl methyl sites for hydroxylation is 1. The Morgan fingerprint density at radius 3 is 2.58 bits per heavy atom. The molecule has 0 radical (unpaired) electrons. The monoisotopic (exact) mass is 575 g/mol. The van der Waals surface area contributed by atoms with Crippen LogP contribution in [0.2, 0.25) is 10.0 Å². The maximum Gasteiger partial charge on any atom is 0.273 e. The number of aliphatic imine (C=N–C) groups is 1. The van der Waals surface area contributed by atoms with E-state index in [4.69, 9.17) is 23.2 Å². The van der Waals surface area contributed by atoms with E-state index in [1.165, 1.54) is 18.5 Å². The normalized spacial score (nSPS) is 20.7. The molecule has 4 rings (SSSR count). The highest BCUT2D eigenvalue weighted by Gasteiger charge is 2.50. The molecule has 0 spiro atoms. The Morgan fingerprint density at radius 2 is 1.92 bits per heavy atom. The summed E-state index contributed by atoms with van der Waals surface area (Å²) in [5.41, 5.74) is 1.35. The number of nitrogens with zero attached hydrogens (tertiary/aromatic N) is 3. The zero-order valence-corrected chi connectivity index (χ0v) is 23.4. The van der Waals surface area contributed by atoms with Gasteiger partial charge >= 0.3 is 0 Å². The van der Waals surface area contributed by atoms with E-state index in [-0.39, 0.29) is 39.1 Å². The highest BCUT2D eigenvalue weighted by Crippen LogP contribution is 2.61. The summed E-state index contributed by atoms with van der Waals surface area (Å²) in [7, 11) is -1.40. The van der Waals surface area contributed by atoms with Crippen molar-refractivity contribution < 1.29 is 13.0 Å². The maximum atomic E-state index is 15.7. The van der Waals surface area contributed by atoms with Crippen molar-refractivity contribution in [1.82, 2.24) is 9.55 Å². The molecule has 1 aliphatic carbocycles. The third kappa shape index (κ3) is 5.44. The predicted octanol–water partition coefficient (Wildman–Crippen LogP) is 7.04. The topological polar surface area (TPSA) is 64.3 Å². The molecule has 4 atom stereocenters. The Bertz CT molecular complexity index is 1580. The smallest absolute Gasteiger partial charge is 0.273 e. The molecular formula is C28H25Cl2F2N3O2S. The second-order valence-corrected chi connectivity index (χ2v) is 11.2. The Hall–Kier alpha value is -2.94. The van der Waals surface area contributed by atoms with Crippen LogP contribution < -0.4 is 5.56 Å². The molecule has 0 aliphatic heterocycles. The fourth-order valence-electron chi connectivity index (χ4n) is 4.71. The van der Waals surface area contributed by atoms with Gasteiger partial charge in [0.1, 0.15) is 16.6 Å². The van der Waals surface area contributed by atoms with Crippen molar-refractivity contribution in [3.05, 3.63) is 109 Å². The highest BCUT2D eigenvalue weighted by molar-refractivity contribution is 7.84. The van der Waals surface area contributed by atoms with Gasteiger partial charge in [0.2, 0.25) is 0 Å². The molecule has 3 aromatic rings. The minimum Gasteiger partial charge on any atom is -0.284 e. The maximum absolute atomic E-state index is 15.7. The van der Waals surface area contributed by atoms with E-state index in [1.807, 2.05) is 6.92 Å². The molecule has 1 fully saturated rings. The standard InChI is InChI=1S/C28H25Cl2F2N3O2S/c1-5-9-34-27(19-7-6-8-22(25(19)29)38(4)37)21(32)14-35-15(2)10-20(26(30)28(35)36)24-16(3)23(24)17-11-18(31)13-33-12-17/h5-14,16,23-24H,1-4H3/b9-5+,21-14-,34-27+. The Morgan fingerprint density at radius 1 is 1.18 bits per heavy atom. The lowest BCUT2D eigenvalue weighted by Crippen LogP contribution is -2.21. The van der Waals surface area contributed by atoms with E-state index in [0.29, 0.717) is 16.2 Å². The number of halogens is 4. The molecule has 2 aromatic heterocycles. The molecule has 0 saturated heterocycles. The molecule has 1 aromatic carbocycles. The van der Waals surface area contributed by atoms with Crippen molar-refractivity contribution in [2.75, 3.05) is 6.26 Å². The van der Waals surface area contributed by atoms with Gasteiger partial charge in [-0.05, 0) is 60.9 Å². The van der Waals surface area contributed by atoms with Gasteiger partial charge in [0, 0.05) is 29.9 Å². The number of allylic oxidation sites excluding steroid dienone is 2. The molecule has 0 N–H and O–H groups in total. The number of hydrogen-bond acceptors (Lipinski definition) is 4. The molecule has 0 amide bonds. The van der Waals surface area contributed by atoms with Crippen LogP contribution in [0.25, 0.3) is 6.20 Å². The molecule has 0 bridgehead atoms. The lowest BCUT2D eigenvalue weighted by molar-refractivity contribution is 0.618. The van der Waals surface area contributed by atoms with Gasteiger partial charge < -0.3 is 0 Å². The molecule has 2 heterocycles. The summed E-state index contributed by atoms with van der Waals surface area (Å²) < 4.78 is 42.7. The van der Waals surface area contributed by atoms with Gasteiger partial charge in [-0.15, -0.1) is 0 Å². The zero-order valence-electron chi connectivity index (χ0n) is 21.1. The van der Waals surface area contributed by atoms with E-state index in [0.717, 1.165) is 22.5 Å². The fraction of sp³-hybridized carbons (Fsp3) is 0.250. The first-order valence-corrected chi connectivity index (χ1v) is 14.1. The summed E-state index contributed by atoms with van der Waals surface area (Å²) in [5.74, 6) is -1.26. The quantitative estimate of drug-likeness (QED) is 0.284. The number of benzene rings is 1. The van der Waals surface area contributed by atoms with Gasteiger partial charge in [0.15, 0.2) is 5.83 Å². The molecule has 38 heavy (non-hydrogen) atoms. The first-order chi connectivity index (χ1) is 18.1. The first kappa shape index (κ1) is 28.1. The van der Waals surface area contributed by atoms with Crippen molar-refractivity contribution in [3.8, 4) is 0 Å². The summed E-state index contributed by atoms with van der Waals surface area (Å²) in [4.78, 5) is 21.8. The van der Waals surface area contributed by atoms with E-state index in [2.05, 4.69) is 9.98 Å². The van der Waals surface area contributed by atoms with Gasteiger partial charge in [-0.3, -0.25) is 23.5 Å². The summed E-state index contributed by atoms with van der Waals surface area (Å²) in [6.07, 6.45) is 8.27. The van der Waals surface area contributed by atoms with Crippen molar-refractivity contribution in [1.29, 1.82) is 0 Å². The van der Waals surface area contributed by atoms with Crippen LogP contribution in [-0.4, -0.2) is 25.7 Å². The number of hydrogen-bond donors (Lipinski definition) is 0. The minimum absolute atomic E-state index is 0.0308. The van der Waals surface area contributed by atoms with Crippen LogP contribution in [0.5, 0.6) is 0 Å². The molecule has 198 valence electrons. The molecule has 4 unspecified atom stereocenters. The van der Waals surface area contributed by atoms with Crippen LogP contribution in [0.15, 0.2) is 75.5 Å². The van der Waals surface area contributed by atoms with Crippen LogP contribution in [0, 0.1) is 18.7 Å². The van der Waals surface area contributed by atoms with Crippen LogP contribution in [0.1, 0.15) is 48.1 Å². The lowest BCUT2D eigenvalue weighted by Gasteiger charge is -2.13. The first-order valence-electron chi connectivity index (χ1n) is 11.8. The molecule has 5 nitrogen and oxygen atoms in total. The summed E-state index contributed by atoms with van der Waals surface area (Å²) in [6, 6.07) is 7.96. The van der Waals surface area contributed by atoms with E-state index in [1.54, 1.807) is 50.4 Å². The summed E-state index contributed by atoms with van der Waals surface area (Å²) >= 11 is 13.0. The van der Waals surface area contributed by atoms with Crippen molar-refractivity contribution in [2.24, 2.45) is 10.9 Å². The van der Waals surface area contributed by atoms with Crippen molar-refractivity contribution in [2.45, 2.75) is 37.5 Å². The molecule has 1 saturated carbocycles. The van der Waals surface area contributed by atoms with E-state index < -0.39 is 28.0 Å². The SMILES string of the molecule is C/C=C/N=C(/C(F)=C/n1c(C)cc(C2C(C)C2c2cncc(F)c2)c(Cl)c1=O)c1cccc(S(C)=O)c1Cl. The minimum atomic E-state index is -1.40. The van der Waals surface area contributed by atoms with E-state index in [9.17, 15) is 13.4 Å². The van der Waals surface area contributed by atoms with Gasteiger partial charge in [0.25, 0.3) is 5.56 Å². The molecule has 1 aliphatic rings. The van der Waals surface area contributed by atoms with E-state index >= 15 is 4.39 Å². The average molecular weight is 576 g/mol. The van der Waals surface area contributed by atoms with Crippen molar-refractivity contribution in [3.63, 3.8) is 0 Å². The number of aromatic nitrogens is 2. The summed E-state index contributed by atoms with van der Waals surface area (Å²) in [5, 5.41) is 0.0786. The average Bonchev–Trinajstić information content (AvgIpc) is 3.55. The van der Waals surface area contributed by atoms with Gasteiger partial charge in [-0.2, -0.15) is 0 Å². The van der Waals surface area contributed by atoms with Crippen LogP contribution >= 0.6 is 23.2 Å². The molecule has 10 heteroatoms. The van der Waals surface area contributed by atoms with Crippen LogP contribution in [-0.2, 0) is 10.8 Å². The fourth-order valence-corrected chi connectivity index (χ4v) is 6.16. The predicted molar refractivity (Wildman–Crippen MR) is 150 cm³/mol. The third-order valence-electron chi connectivity index (χ3n) is 6.60. The van der Waals surface area contributed by atoms with Crippen LogP contribution in [0.4, 0.5) is 8.78 Å².